The van der Waals surface area contributed by atoms with Gasteiger partial charge in [-0.25, -0.2) is 18.4 Å². The molecular weight excluding hydrogens is 488 g/mol. The van der Waals surface area contributed by atoms with Crippen molar-refractivity contribution in [1.29, 1.82) is 0 Å². The number of nitrogens with zero attached hydrogens (tertiary/aromatic N) is 3. The first-order chi connectivity index (χ1) is 16.8. The number of rotatable bonds is 10. The van der Waals surface area contributed by atoms with Crippen LogP contribution >= 0.6 is 11.8 Å². The molecule has 35 heavy (non-hydrogen) atoms. The quantitative estimate of drug-likeness (QED) is 0.406. The first kappa shape index (κ1) is 25.1. The fraction of sp³-hybridized carbons (Fsp3) is 0.333. The van der Waals surface area contributed by atoms with Crippen molar-refractivity contribution in [2.24, 2.45) is 0 Å². The van der Waals surface area contributed by atoms with Gasteiger partial charge in [0.2, 0.25) is 5.88 Å². The van der Waals surface area contributed by atoms with Crippen LogP contribution in [0.2, 0.25) is 0 Å². The van der Waals surface area contributed by atoms with Gasteiger partial charge in [0.25, 0.3) is 10.0 Å². The van der Waals surface area contributed by atoms with E-state index in [1.807, 2.05) is 0 Å². The van der Waals surface area contributed by atoms with Crippen molar-refractivity contribution in [2.45, 2.75) is 24.7 Å². The van der Waals surface area contributed by atoms with Crippen molar-refractivity contribution in [1.82, 2.24) is 14.9 Å². The van der Waals surface area contributed by atoms with E-state index < -0.39 is 10.0 Å². The molecule has 2 aromatic heterocycles. The lowest BCUT2D eigenvalue weighted by molar-refractivity contribution is -0.109. The van der Waals surface area contributed by atoms with Crippen LogP contribution in [-0.2, 0) is 14.8 Å². The van der Waals surface area contributed by atoms with Crippen LogP contribution in [0.1, 0.15) is 30.1 Å². The summed E-state index contributed by atoms with van der Waals surface area (Å²) in [7, 11) is -3.90. The maximum atomic E-state index is 12.9. The normalized spacial score (nSPS) is 14.2. The Bertz CT molecular complexity index is 1320. The average Bonchev–Trinajstić information content (AvgIpc) is 3.36. The van der Waals surface area contributed by atoms with Gasteiger partial charge in [-0.15, -0.1) is 0 Å². The second-order valence-electron chi connectivity index (χ2n) is 8.14. The van der Waals surface area contributed by atoms with Crippen LogP contribution in [-0.4, -0.2) is 66.2 Å². The Morgan fingerprint density at radius 2 is 1.91 bits per heavy atom. The summed E-state index contributed by atoms with van der Waals surface area (Å²) in [5, 5.41) is 0.513. The standard InChI is InChI=1S/C24H26N4O5S2/c1-17(29)34-16-22(30)19-4-8-23(25-15-19)27-35(31,32)20-6-7-21-18(14-20)5-9-24(26-21)33-13-12-28-10-2-3-11-28/h4-9,14-15H,2-3,10-13,16H2,1H3,(H,25,27). The second kappa shape index (κ2) is 11.1. The summed E-state index contributed by atoms with van der Waals surface area (Å²) in [6.45, 7) is 5.03. The van der Waals surface area contributed by atoms with E-state index >= 15 is 0 Å². The average molecular weight is 515 g/mol. The number of hydrogen-bond acceptors (Lipinski definition) is 9. The summed E-state index contributed by atoms with van der Waals surface area (Å²) in [4.78, 5) is 34.0. The second-order valence-corrected chi connectivity index (χ2v) is 11.0. The number of aromatic nitrogens is 2. The highest BCUT2D eigenvalue weighted by Crippen LogP contribution is 2.22. The molecule has 1 aromatic carbocycles. The van der Waals surface area contributed by atoms with E-state index in [2.05, 4.69) is 19.6 Å². The third-order valence-electron chi connectivity index (χ3n) is 5.53. The molecule has 0 aliphatic carbocycles. The Morgan fingerprint density at radius 1 is 1.11 bits per heavy atom. The molecule has 1 aliphatic rings. The van der Waals surface area contributed by atoms with Gasteiger partial charge in [0.15, 0.2) is 10.9 Å². The molecule has 184 valence electrons. The van der Waals surface area contributed by atoms with Gasteiger partial charge in [-0.3, -0.25) is 19.2 Å². The number of fused-ring (bicyclic) bond motifs is 1. The summed E-state index contributed by atoms with van der Waals surface area (Å²) < 4.78 is 33.9. The third-order valence-corrected chi connectivity index (χ3v) is 7.70. The first-order valence-electron chi connectivity index (χ1n) is 11.2. The Kier molecular flexibility index (Phi) is 7.99. The maximum absolute atomic E-state index is 12.9. The van der Waals surface area contributed by atoms with Crippen molar-refractivity contribution < 1.29 is 22.7 Å². The van der Waals surface area contributed by atoms with Crippen LogP contribution in [0.25, 0.3) is 10.9 Å². The van der Waals surface area contributed by atoms with Crippen LogP contribution in [0.5, 0.6) is 5.88 Å². The topological polar surface area (TPSA) is 119 Å². The van der Waals surface area contributed by atoms with Crippen molar-refractivity contribution in [3.8, 4) is 5.88 Å². The molecule has 9 nitrogen and oxygen atoms in total. The molecule has 4 rings (SSSR count). The summed E-state index contributed by atoms with van der Waals surface area (Å²) >= 11 is 0.914. The Labute approximate surface area is 208 Å². The number of benzene rings is 1. The Hall–Kier alpha value is -3.02. The molecule has 1 saturated heterocycles. The van der Waals surface area contributed by atoms with Crippen LogP contribution in [0.15, 0.2) is 53.6 Å². The SMILES string of the molecule is CC(=O)SCC(=O)c1ccc(NS(=O)(=O)c2ccc3nc(OCCN4CCCC4)ccc3c2)nc1. The monoisotopic (exact) mass is 514 g/mol. The largest absolute Gasteiger partial charge is 0.476 e. The summed E-state index contributed by atoms with van der Waals surface area (Å²) in [6.07, 6.45) is 3.75. The van der Waals surface area contributed by atoms with Gasteiger partial charge in [-0.2, -0.15) is 0 Å². The van der Waals surface area contributed by atoms with Gasteiger partial charge in [-0.1, -0.05) is 11.8 Å². The van der Waals surface area contributed by atoms with Gasteiger partial charge in [0, 0.05) is 36.7 Å². The number of anilines is 1. The minimum Gasteiger partial charge on any atom is -0.476 e. The molecule has 1 N–H and O–H groups in total. The number of ether oxygens (including phenoxy) is 1. The lowest BCUT2D eigenvalue weighted by Gasteiger charge is -2.14. The third kappa shape index (κ3) is 6.77. The number of carbonyl (C=O) groups is 2. The number of pyridine rings is 2. The van der Waals surface area contributed by atoms with Crippen LogP contribution < -0.4 is 9.46 Å². The van der Waals surface area contributed by atoms with E-state index in [1.54, 1.807) is 18.2 Å². The highest BCUT2D eigenvalue weighted by atomic mass is 32.2. The molecular formula is C24H26N4O5S2. The highest BCUT2D eigenvalue weighted by molar-refractivity contribution is 8.14. The molecule has 0 bridgehead atoms. The molecule has 0 saturated carbocycles. The summed E-state index contributed by atoms with van der Waals surface area (Å²) in [5.74, 6) is 0.346. The van der Waals surface area contributed by atoms with Crippen molar-refractivity contribution >= 4 is 49.4 Å². The molecule has 3 heterocycles. The van der Waals surface area contributed by atoms with Crippen LogP contribution in [0.4, 0.5) is 5.82 Å². The number of Topliss-reactive ketones (excluding diaryl/α,β-unsaturated/α-hetero) is 1. The highest BCUT2D eigenvalue weighted by Gasteiger charge is 2.17. The van der Waals surface area contributed by atoms with E-state index in [0.717, 1.165) is 31.4 Å². The molecule has 0 amide bonds. The van der Waals surface area contributed by atoms with Crippen molar-refractivity contribution in [3.63, 3.8) is 0 Å². The van der Waals surface area contributed by atoms with Gasteiger partial charge >= 0.3 is 0 Å². The molecule has 11 heteroatoms. The number of likely N-dealkylation sites (tertiary alicyclic amines) is 1. The van der Waals surface area contributed by atoms with Crippen LogP contribution in [0, 0.1) is 0 Å². The predicted molar refractivity (Wildman–Crippen MR) is 135 cm³/mol. The smallest absolute Gasteiger partial charge is 0.263 e. The number of ketones is 1. The zero-order chi connectivity index (χ0) is 24.8. The molecule has 1 aliphatic heterocycles. The zero-order valence-corrected chi connectivity index (χ0v) is 20.9. The van der Waals surface area contributed by atoms with Crippen molar-refractivity contribution in [3.05, 3.63) is 54.2 Å². The predicted octanol–water partition coefficient (Wildman–Crippen LogP) is 3.37. The lowest BCUT2D eigenvalue weighted by Crippen LogP contribution is -2.25. The summed E-state index contributed by atoms with van der Waals surface area (Å²) in [6, 6.07) is 11.1. The van der Waals surface area contributed by atoms with E-state index in [1.165, 1.54) is 50.2 Å². The van der Waals surface area contributed by atoms with Crippen LogP contribution in [0.3, 0.4) is 0 Å². The maximum Gasteiger partial charge on any atom is 0.263 e. The lowest BCUT2D eigenvalue weighted by atomic mass is 10.2. The molecule has 0 unspecified atom stereocenters. The van der Waals surface area contributed by atoms with E-state index in [4.69, 9.17) is 4.74 Å². The Morgan fingerprint density at radius 3 is 2.63 bits per heavy atom. The van der Waals surface area contributed by atoms with E-state index in [-0.39, 0.29) is 27.4 Å². The minimum atomic E-state index is -3.90. The molecule has 0 spiro atoms. The van der Waals surface area contributed by atoms with E-state index in [9.17, 15) is 18.0 Å². The fourth-order valence-electron chi connectivity index (χ4n) is 3.68. The number of carbonyl (C=O) groups excluding carboxylic acids is 2. The van der Waals surface area contributed by atoms with Gasteiger partial charge in [0.05, 0.1) is 16.2 Å². The summed E-state index contributed by atoms with van der Waals surface area (Å²) in [5.41, 5.74) is 0.934. The number of sulfonamides is 1. The zero-order valence-electron chi connectivity index (χ0n) is 19.3. The molecule has 1 fully saturated rings. The van der Waals surface area contributed by atoms with Crippen molar-refractivity contribution in [2.75, 3.05) is 36.7 Å². The Balaban J connectivity index is 1.40. The minimum absolute atomic E-state index is 0.0123. The fourth-order valence-corrected chi connectivity index (χ4v) is 5.23. The van der Waals surface area contributed by atoms with Gasteiger partial charge in [-0.05, 0) is 62.3 Å². The first-order valence-corrected chi connectivity index (χ1v) is 13.7. The molecule has 0 radical (unpaired) electrons. The van der Waals surface area contributed by atoms with Gasteiger partial charge in [0.1, 0.15) is 12.4 Å². The van der Waals surface area contributed by atoms with Gasteiger partial charge < -0.3 is 4.74 Å². The van der Waals surface area contributed by atoms with E-state index in [0.29, 0.717) is 29.0 Å². The molecule has 3 aromatic rings. The number of nitrogens with one attached hydrogen (secondary N) is 1. The number of hydrogen-bond donors (Lipinski definition) is 1. The number of thioether (sulfide) groups is 1. The molecule has 0 atom stereocenters.